The molecule has 0 atom stereocenters. The van der Waals surface area contributed by atoms with Crippen LogP contribution in [0.2, 0.25) is 0 Å². The summed E-state index contributed by atoms with van der Waals surface area (Å²) in [6.07, 6.45) is -4.33. The summed E-state index contributed by atoms with van der Waals surface area (Å²) in [4.78, 5) is 0. The van der Waals surface area contributed by atoms with E-state index < -0.39 is 11.7 Å². The van der Waals surface area contributed by atoms with Crippen molar-refractivity contribution >= 4 is 17.3 Å². The van der Waals surface area contributed by atoms with Gasteiger partial charge in [-0.2, -0.15) is 13.2 Å². The maximum absolute atomic E-state index is 12.4. The largest absolute Gasteiger partial charge is 0.416 e. The number of nitrogens with two attached hydrogens (primary N) is 1. The van der Waals surface area contributed by atoms with E-state index in [-0.39, 0.29) is 11.7 Å². The summed E-state index contributed by atoms with van der Waals surface area (Å²) in [7, 11) is 1.54. The van der Waals surface area contributed by atoms with Gasteiger partial charge in [0.25, 0.3) is 0 Å². The number of nitrogens with one attached hydrogen (secondary N) is 1. The number of hydrogen-bond acceptors (Lipinski definition) is 2. The Labute approximate surface area is 102 Å². The number of hydrazine groups is 1. The molecule has 17 heavy (non-hydrogen) atoms. The molecule has 0 aromatic heterocycles. The van der Waals surface area contributed by atoms with Crippen LogP contribution >= 0.6 is 12.2 Å². The lowest BCUT2D eigenvalue weighted by molar-refractivity contribution is -0.137. The van der Waals surface area contributed by atoms with Crippen LogP contribution in [0.25, 0.3) is 0 Å². The predicted octanol–water partition coefficient (Wildman–Crippen LogP) is 1.89. The van der Waals surface area contributed by atoms with Crippen LogP contribution in [-0.4, -0.2) is 17.2 Å². The van der Waals surface area contributed by atoms with Crippen LogP contribution in [0.15, 0.2) is 24.3 Å². The maximum atomic E-state index is 12.4. The first kappa shape index (κ1) is 13.7. The highest BCUT2D eigenvalue weighted by atomic mass is 32.1. The number of alkyl halides is 3. The van der Waals surface area contributed by atoms with E-state index in [1.807, 2.05) is 0 Å². The van der Waals surface area contributed by atoms with E-state index in [2.05, 4.69) is 5.32 Å². The quantitative estimate of drug-likeness (QED) is 0.486. The first-order valence-corrected chi connectivity index (χ1v) is 5.14. The smallest absolute Gasteiger partial charge is 0.357 e. The number of thiocarbonyl (C=S) groups is 1. The van der Waals surface area contributed by atoms with Crippen LogP contribution < -0.4 is 11.2 Å². The van der Waals surface area contributed by atoms with Gasteiger partial charge in [0.1, 0.15) is 0 Å². The van der Waals surface area contributed by atoms with Gasteiger partial charge in [0, 0.05) is 13.6 Å². The molecule has 94 valence electrons. The zero-order valence-corrected chi connectivity index (χ0v) is 9.90. The van der Waals surface area contributed by atoms with E-state index in [9.17, 15) is 13.2 Å². The van der Waals surface area contributed by atoms with Crippen LogP contribution in [0.3, 0.4) is 0 Å². The van der Waals surface area contributed by atoms with Gasteiger partial charge in [0.15, 0.2) is 5.11 Å². The van der Waals surface area contributed by atoms with E-state index in [4.69, 9.17) is 18.1 Å². The number of halogens is 3. The average molecular weight is 263 g/mol. The Kier molecular flexibility index (Phi) is 4.30. The van der Waals surface area contributed by atoms with Crippen LogP contribution in [0, 0.1) is 0 Å². The highest BCUT2D eigenvalue weighted by molar-refractivity contribution is 7.80. The van der Waals surface area contributed by atoms with Gasteiger partial charge < -0.3 is 5.32 Å². The van der Waals surface area contributed by atoms with Crippen LogP contribution in [0.1, 0.15) is 11.1 Å². The molecule has 0 aliphatic carbocycles. The van der Waals surface area contributed by atoms with Crippen molar-refractivity contribution in [2.45, 2.75) is 12.7 Å². The van der Waals surface area contributed by atoms with E-state index in [0.29, 0.717) is 5.56 Å². The van der Waals surface area contributed by atoms with Gasteiger partial charge in [-0.05, 0) is 29.9 Å². The molecule has 0 radical (unpaired) electrons. The summed E-state index contributed by atoms with van der Waals surface area (Å²) in [5.74, 6) is 5.35. The minimum Gasteiger partial charge on any atom is -0.357 e. The lowest BCUT2D eigenvalue weighted by Gasteiger charge is -2.15. The van der Waals surface area contributed by atoms with Crippen molar-refractivity contribution in [3.63, 3.8) is 0 Å². The van der Waals surface area contributed by atoms with Crippen molar-refractivity contribution in [2.75, 3.05) is 7.05 Å². The number of hydrogen-bond donors (Lipinski definition) is 2. The molecule has 0 aliphatic rings. The fraction of sp³-hybridized carbons (Fsp3) is 0.300. The summed E-state index contributed by atoms with van der Waals surface area (Å²) in [5.41, 5.74) is -0.187. The molecular formula is C10H12F3N3S. The fourth-order valence-electron chi connectivity index (χ4n) is 1.16. The molecule has 0 fully saturated rings. The van der Waals surface area contributed by atoms with Crippen molar-refractivity contribution in [3.8, 4) is 0 Å². The fourth-order valence-corrected chi connectivity index (χ4v) is 1.23. The molecule has 1 aromatic carbocycles. The molecule has 1 rings (SSSR count). The minimum absolute atomic E-state index is 0.199. The lowest BCUT2D eigenvalue weighted by Crippen LogP contribution is -2.41. The maximum Gasteiger partial charge on any atom is 0.416 e. The summed E-state index contributed by atoms with van der Waals surface area (Å²) in [6, 6.07) is 5.04. The molecule has 0 aliphatic heterocycles. The zero-order chi connectivity index (χ0) is 13.1. The van der Waals surface area contributed by atoms with E-state index in [1.54, 1.807) is 13.1 Å². The molecule has 0 spiro atoms. The van der Waals surface area contributed by atoms with Gasteiger partial charge in [-0.15, -0.1) is 0 Å². The molecule has 1 aromatic rings. The third-order valence-electron chi connectivity index (χ3n) is 2.02. The highest BCUT2D eigenvalue weighted by Crippen LogP contribution is 2.29. The molecule has 0 unspecified atom stereocenters. The molecule has 0 saturated heterocycles. The third-order valence-corrected chi connectivity index (χ3v) is 2.45. The second kappa shape index (κ2) is 5.33. The molecule has 0 heterocycles. The Balaban J connectivity index is 2.70. The molecular weight excluding hydrogens is 251 g/mol. The Morgan fingerprint density at radius 2 is 2.12 bits per heavy atom. The van der Waals surface area contributed by atoms with Gasteiger partial charge in [-0.25, -0.2) is 5.84 Å². The van der Waals surface area contributed by atoms with Gasteiger partial charge >= 0.3 is 6.18 Å². The Hall–Kier alpha value is -1.34. The van der Waals surface area contributed by atoms with E-state index in [0.717, 1.165) is 12.1 Å². The second-order valence-corrected chi connectivity index (χ2v) is 3.85. The lowest BCUT2D eigenvalue weighted by atomic mass is 10.1. The monoisotopic (exact) mass is 263 g/mol. The van der Waals surface area contributed by atoms with Crippen molar-refractivity contribution in [2.24, 2.45) is 5.84 Å². The van der Waals surface area contributed by atoms with Crippen molar-refractivity contribution in [3.05, 3.63) is 35.4 Å². The normalized spacial score (nSPS) is 11.1. The summed E-state index contributed by atoms with van der Waals surface area (Å²) >= 11 is 4.85. The standard InChI is InChI=1S/C10H12F3N3S/c1-16(14)9(17)15-6-7-3-2-4-8(5-7)10(11,12)13/h2-5H,6,14H2,1H3,(H,15,17). The van der Waals surface area contributed by atoms with Gasteiger partial charge in [-0.1, -0.05) is 12.1 Å². The number of nitrogens with zero attached hydrogens (tertiary/aromatic N) is 1. The SMILES string of the molecule is CN(N)C(=S)NCc1cccc(C(F)(F)F)c1. The zero-order valence-electron chi connectivity index (χ0n) is 9.08. The predicted molar refractivity (Wildman–Crippen MR) is 62.8 cm³/mol. The molecule has 0 amide bonds. The van der Waals surface area contributed by atoms with Crippen molar-refractivity contribution < 1.29 is 13.2 Å². The van der Waals surface area contributed by atoms with Gasteiger partial charge in [-0.3, -0.25) is 5.01 Å². The first-order chi connectivity index (χ1) is 7.80. The summed E-state index contributed by atoms with van der Waals surface area (Å²) < 4.78 is 37.3. The van der Waals surface area contributed by atoms with Gasteiger partial charge in [0.2, 0.25) is 0 Å². The topological polar surface area (TPSA) is 41.3 Å². The van der Waals surface area contributed by atoms with Crippen LogP contribution in [0.5, 0.6) is 0 Å². The Morgan fingerprint density at radius 1 is 1.47 bits per heavy atom. The molecule has 3 N–H and O–H groups in total. The molecule has 3 nitrogen and oxygen atoms in total. The number of rotatable bonds is 2. The van der Waals surface area contributed by atoms with Crippen LogP contribution in [0.4, 0.5) is 13.2 Å². The van der Waals surface area contributed by atoms with E-state index in [1.165, 1.54) is 11.1 Å². The summed E-state index contributed by atoms with van der Waals surface area (Å²) in [5, 5.41) is 4.19. The second-order valence-electron chi connectivity index (χ2n) is 3.47. The Morgan fingerprint density at radius 3 is 2.65 bits per heavy atom. The molecule has 0 saturated carbocycles. The summed E-state index contributed by atoms with van der Waals surface area (Å²) in [6.45, 7) is 0.199. The Bertz CT molecular complexity index is 404. The first-order valence-electron chi connectivity index (χ1n) is 4.73. The molecule has 7 heteroatoms. The highest BCUT2D eigenvalue weighted by Gasteiger charge is 2.30. The minimum atomic E-state index is -4.33. The van der Waals surface area contributed by atoms with Crippen molar-refractivity contribution in [1.29, 1.82) is 0 Å². The van der Waals surface area contributed by atoms with E-state index >= 15 is 0 Å². The van der Waals surface area contributed by atoms with Crippen molar-refractivity contribution in [1.82, 2.24) is 10.3 Å². The van der Waals surface area contributed by atoms with Gasteiger partial charge in [0.05, 0.1) is 5.56 Å². The number of benzene rings is 1. The molecule has 0 bridgehead atoms. The third kappa shape index (κ3) is 4.20. The average Bonchev–Trinajstić information content (AvgIpc) is 2.25. The van der Waals surface area contributed by atoms with Crippen LogP contribution in [-0.2, 0) is 12.7 Å².